The third kappa shape index (κ3) is 4.25. The van der Waals surface area contributed by atoms with Gasteiger partial charge in [-0.25, -0.2) is 9.78 Å². The normalized spacial score (nSPS) is 15.7. The van der Waals surface area contributed by atoms with Gasteiger partial charge < -0.3 is 14.7 Å². The molecule has 2 heterocycles. The van der Waals surface area contributed by atoms with Crippen molar-refractivity contribution in [1.82, 2.24) is 14.5 Å². The molecule has 6 nitrogen and oxygen atoms in total. The second-order valence-electron chi connectivity index (χ2n) is 7.99. The molecule has 1 N–H and O–H groups in total. The van der Waals surface area contributed by atoms with Crippen molar-refractivity contribution >= 4 is 17.0 Å². The summed E-state index contributed by atoms with van der Waals surface area (Å²) < 4.78 is 7.71. The summed E-state index contributed by atoms with van der Waals surface area (Å²) >= 11 is 0. The molecule has 1 aliphatic heterocycles. The van der Waals surface area contributed by atoms with Crippen molar-refractivity contribution in [2.75, 3.05) is 33.4 Å². The van der Waals surface area contributed by atoms with Gasteiger partial charge in [0, 0.05) is 18.7 Å². The van der Waals surface area contributed by atoms with Crippen LogP contribution in [0.3, 0.4) is 0 Å². The van der Waals surface area contributed by atoms with Crippen LogP contribution in [0.5, 0.6) is 0 Å². The van der Waals surface area contributed by atoms with Crippen LogP contribution in [0.25, 0.3) is 16.7 Å². The molecule has 6 heteroatoms. The molecule has 2 aromatic carbocycles. The molecule has 3 aromatic rings. The van der Waals surface area contributed by atoms with E-state index in [1.54, 1.807) is 12.1 Å². The van der Waals surface area contributed by atoms with E-state index in [4.69, 9.17) is 9.72 Å². The smallest absolute Gasteiger partial charge is 0.335 e. The SMILES string of the molecule is CCOCCc1nc2cc(C(=O)O)ccc2n1-c1cccc(C2CCN(C)CC2)c1. The lowest BCUT2D eigenvalue weighted by Gasteiger charge is -2.29. The number of imidazole rings is 1. The van der Waals surface area contributed by atoms with Gasteiger partial charge in [-0.15, -0.1) is 0 Å². The first kappa shape index (κ1) is 20.6. The average molecular weight is 408 g/mol. The van der Waals surface area contributed by atoms with E-state index in [2.05, 4.69) is 40.8 Å². The van der Waals surface area contributed by atoms with Gasteiger partial charge in [-0.05, 0) is 81.7 Å². The van der Waals surface area contributed by atoms with Crippen LogP contribution in [0.15, 0.2) is 42.5 Å². The Balaban J connectivity index is 1.75. The summed E-state index contributed by atoms with van der Waals surface area (Å²) in [6.07, 6.45) is 3.01. The lowest BCUT2D eigenvalue weighted by Crippen LogP contribution is -2.29. The molecule has 0 amide bonds. The highest BCUT2D eigenvalue weighted by atomic mass is 16.5. The lowest BCUT2D eigenvalue weighted by atomic mass is 9.89. The molecule has 0 atom stereocenters. The van der Waals surface area contributed by atoms with E-state index in [0.717, 1.165) is 30.1 Å². The minimum Gasteiger partial charge on any atom is -0.478 e. The van der Waals surface area contributed by atoms with Gasteiger partial charge in [0.05, 0.1) is 23.2 Å². The van der Waals surface area contributed by atoms with E-state index < -0.39 is 5.97 Å². The zero-order chi connectivity index (χ0) is 21.1. The summed E-state index contributed by atoms with van der Waals surface area (Å²) in [6.45, 7) is 5.48. The quantitative estimate of drug-likeness (QED) is 0.597. The van der Waals surface area contributed by atoms with Crippen LogP contribution in [-0.2, 0) is 11.2 Å². The number of hydrogen-bond donors (Lipinski definition) is 1. The summed E-state index contributed by atoms with van der Waals surface area (Å²) in [4.78, 5) is 18.6. The van der Waals surface area contributed by atoms with Crippen molar-refractivity contribution < 1.29 is 14.6 Å². The van der Waals surface area contributed by atoms with Gasteiger partial charge in [0.2, 0.25) is 0 Å². The van der Waals surface area contributed by atoms with Crippen molar-refractivity contribution in [1.29, 1.82) is 0 Å². The molecule has 0 spiro atoms. The Kier molecular flexibility index (Phi) is 6.16. The number of benzene rings is 2. The van der Waals surface area contributed by atoms with Crippen LogP contribution in [0, 0.1) is 0 Å². The number of hydrogen-bond acceptors (Lipinski definition) is 4. The van der Waals surface area contributed by atoms with Crippen molar-refractivity contribution in [2.45, 2.75) is 32.1 Å². The minimum atomic E-state index is -0.938. The highest BCUT2D eigenvalue weighted by Gasteiger charge is 2.20. The molecule has 1 aromatic heterocycles. The number of fused-ring (bicyclic) bond motifs is 1. The standard InChI is InChI=1S/C24H29N3O3/c1-3-30-14-11-23-25-21-16-19(24(28)29)7-8-22(21)27(23)20-6-4-5-18(15-20)17-9-12-26(2)13-10-17/h4-8,15-17H,3,9-14H2,1-2H3,(H,28,29). The van der Waals surface area contributed by atoms with Gasteiger partial charge in [-0.1, -0.05) is 12.1 Å². The third-order valence-electron chi connectivity index (χ3n) is 5.96. The Morgan fingerprint density at radius 1 is 1.20 bits per heavy atom. The zero-order valence-corrected chi connectivity index (χ0v) is 17.7. The Labute approximate surface area is 177 Å². The molecular weight excluding hydrogens is 378 g/mol. The minimum absolute atomic E-state index is 0.253. The molecule has 0 unspecified atom stereocenters. The first-order valence-corrected chi connectivity index (χ1v) is 10.7. The molecule has 0 radical (unpaired) electrons. The maximum atomic E-state index is 11.4. The number of carboxylic acid groups (broad SMARTS) is 1. The summed E-state index contributed by atoms with van der Waals surface area (Å²) in [7, 11) is 2.18. The zero-order valence-electron chi connectivity index (χ0n) is 17.7. The van der Waals surface area contributed by atoms with Gasteiger partial charge in [0.1, 0.15) is 5.82 Å². The Hall–Kier alpha value is -2.70. The summed E-state index contributed by atoms with van der Waals surface area (Å²) in [6, 6.07) is 13.9. The fraction of sp³-hybridized carbons (Fsp3) is 0.417. The number of aromatic nitrogens is 2. The predicted octanol–water partition coefficient (Wildman–Crippen LogP) is 4.11. The van der Waals surface area contributed by atoms with Crippen LogP contribution in [0.2, 0.25) is 0 Å². The molecule has 0 aliphatic carbocycles. The Morgan fingerprint density at radius 2 is 2.00 bits per heavy atom. The van der Waals surface area contributed by atoms with E-state index in [0.29, 0.717) is 31.1 Å². The Bertz CT molecular complexity index is 1040. The van der Waals surface area contributed by atoms with Gasteiger partial charge in [0.25, 0.3) is 0 Å². The number of aromatic carboxylic acids is 1. The largest absolute Gasteiger partial charge is 0.478 e. The first-order chi connectivity index (χ1) is 14.6. The number of rotatable bonds is 7. The molecule has 0 bridgehead atoms. The van der Waals surface area contributed by atoms with E-state index in [1.807, 2.05) is 13.0 Å². The van der Waals surface area contributed by atoms with Crippen molar-refractivity contribution in [3.05, 3.63) is 59.4 Å². The molecule has 30 heavy (non-hydrogen) atoms. The topological polar surface area (TPSA) is 67.6 Å². The van der Waals surface area contributed by atoms with E-state index in [9.17, 15) is 9.90 Å². The molecule has 1 saturated heterocycles. The maximum Gasteiger partial charge on any atom is 0.335 e. The molecule has 1 aliphatic rings. The van der Waals surface area contributed by atoms with E-state index >= 15 is 0 Å². The number of ether oxygens (including phenoxy) is 1. The van der Waals surface area contributed by atoms with E-state index in [-0.39, 0.29) is 5.56 Å². The van der Waals surface area contributed by atoms with Gasteiger partial charge >= 0.3 is 5.97 Å². The average Bonchev–Trinajstić information content (AvgIpc) is 3.12. The molecule has 1 fully saturated rings. The third-order valence-corrected chi connectivity index (χ3v) is 5.96. The van der Waals surface area contributed by atoms with Crippen molar-refractivity contribution in [2.24, 2.45) is 0 Å². The molecule has 0 saturated carbocycles. The number of likely N-dealkylation sites (tertiary alicyclic amines) is 1. The lowest BCUT2D eigenvalue weighted by molar-refractivity contribution is 0.0697. The second-order valence-corrected chi connectivity index (χ2v) is 7.99. The summed E-state index contributed by atoms with van der Waals surface area (Å²) in [5, 5.41) is 9.35. The number of piperidine rings is 1. The maximum absolute atomic E-state index is 11.4. The Morgan fingerprint density at radius 3 is 2.73 bits per heavy atom. The van der Waals surface area contributed by atoms with Crippen LogP contribution < -0.4 is 0 Å². The van der Waals surface area contributed by atoms with Gasteiger partial charge in [-0.3, -0.25) is 4.57 Å². The number of carboxylic acids is 1. The van der Waals surface area contributed by atoms with Gasteiger partial charge in [0.15, 0.2) is 0 Å². The van der Waals surface area contributed by atoms with Crippen LogP contribution >= 0.6 is 0 Å². The van der Waals surface area contributed by atoms with Crippen LogP contribution in [0.1, 0.15) is 47.4 Å². The van der Waals surface area contributed by atoms with Gasteiger partial charge in [-0.2, -0.15) is 0 Å². The van der Waals surface area contributed by atoms with E-state index in [1.165, 1.54) is 18.4 Å². The first-order valence-electron chi connectivity index (χ1n) is 10.7. The molecular formula is C24H29N3O3. The number of nitrogens with zero attached hydrogens (tertiary/aromatic N) is 3. The van der Waals surface area contributed by atoms with Crippen molar-refractivity contribution in [3.63, 3.8) is 0 Å². The summed E-state index contributed by atoms with van der Waals surface area (Å²) in [5.74, 6) is 0.523. The highest BCUT2D eigenvalue weighted by Crippen LogP contribution is 2.30. The fourth-order valence-electron chi connectivity index (χ4n) is 4.29. The monoisotopic (exact) mass is 407 g/mol. The highest BCUT2D eigenvalue weighted by molar-refractivity contribution is 5.92. The molecule has 158 valence electrons. The predicted molar refractivity (Wildman–Crippen MR) is 118 cm³/mol. The second kappa shape index (κ2) is 8.98. The fourth-order valence-corrected chi connectivity index (χ4v) is 4.29. The number of carbonyl (C=O) groups is 1. The van der Waals surface area contributed by atoms with Crippen molar-refractivity contribution in [3.8, 4) is 5.69 Å². The summed E-state index contributed by atoms with van der Waals surface area (Å²) in [5.41, 5.74) is 4.31. The van der Waals surface area contributed by atoms with Crippen LogP contribution in [0.4, 0.5) is 0 Å². The molecule has 4 rings (SSSR count). The van der Waals surface area contributed by atoms with Crippen LogP contribution in [-0.4, -0.2) is 58.9 Å².